The normalized spacial score (nSPS) is 17.1. The van der Waals surface area contributed by atoms with Gasteiger partial charge in [0.05, 0.1) is 5.92 Å². The Hall–Kier alpha value is -1.59. The Morgan fingerprint density at radius 1 is 1.56 bits per heavy atom. The summed E-state index contributed by atoms with van der Waals surface area (Å²) in [6.45, 7) is 6.65. The highest BCUT2D eigenvalue weighted by Gasteiger charge is 2.37. The van der Waals surface area contributed by atoms with Crippen molar-refractivity contribution in [3.8, 4) is 0 Å². The highest BCUT2D eigenvalue weighted by Crippen LogP contribution is 2.26. The predicted octanol–water partition coefficient (Wildman–Crippen LogP) is 1.20. The number of aromatic nitrogens is 2. The van der Waals surface area contributed by atoms with E-state index in [0.717, 1.165) is 0 Å². The van der Waals surface area contributed by atoms with E-state index < -0.39 is 5.60 Å². The fraction of sp³-hybridized carbons (Fsp3) is 0.700. The quantitative estimate of drug-likeness (QED) is 0.717. The molecule has 1 radical (unpaired) electrons. The number of rotatable bonds is 1. The van der Waals surface area contributed by atoms with E-state index in [4.69, 9.17) is 9.15 Å². The first-order chi connectivity index (χ1) is 7.46. The second-order valence-electron chi connectivity index (χ2n) is 4.81. The smallest absolute Gasteiger partial charge is 0.410 e. The lowest BCUT2D eigenvalue weighted by atomic mass is 10.0. The molecule has 0 aliphatic carbocycles. The predicted molar refractivity (Wildman–Crippen MR) is 53.7 cm³/mol. The van der Waals surface area contributed by atoms with Crippen LogP contribution < -0.4 is 0 Å². The minimum atomic E-state index is -0.458. The SMILES string of the molecule is CC(C)(C)OC(=O)N1CC(c2nn[c]o2)C1. The van der Waals surface area contributed by atoms with Crippen LogP contribution in [0.15, 0.2) is 4.42 Å². The third kappa shape index (κ3) is 2.32. The number of likely N-dealkylation sites (tertiary alicyclic amines) is 1. The molecule has 1 fully saturated rings. The molecule has 6 nitrogen and oxygen atoms in total. The summed E-state index contributed by atoms with van der Waals surface area (Å²) in [5.74, 6) is 0.645. The van der Waals surface area contributed by atoms with Gasteiger partial charge in [0.15, 0.2) is 0 Å². The average Bonchev–Trinajstić information content (AvgIpc) is 2.49. The van der Waals surface area contributed by atoms with Gasteiger partial charge in [-0.15, -0.1) is 10.2 Å². The molecule has 16 heavy (non-hydrogen) atoms. The van der Waals surface area contributed by atoms with Gasteiger partial charge < -0.3 is 14.1 Å². The molecule has 1 saturated heterocycles. The van der Waals surface area contributed by atoms with Gasteiger partial charge in [0.2, 0.25) is 5.89 Å². The van der Waals surface area contributed by atoms with Crippen LogP contribution >= 0.6 is 0 Å². The van der Waals surface area contributed by atoms with Crippen LogP contribution in [0.5, 0.6) is 0 Å². The van der Waals surface area contributed by atoms with Gasteiger partial charge in [0.1, 0.15) is 5.60 Å². The lowest BCUT2D eigenvalue weighted by Gasteiger charge is -2.37. The fourth-order valence-corrected chi connectivity index (χ4v) is 1.43. The van der Waals surface area contributed by atoms with E-state index in [-0.39, 0.29) is 12.0 Å². The van der Waals surface area contributed by atoms with Crippen LogP contribution in [0.4, 0.5) is 4.79 Å². The standard InChI is InChI=1S/C10H14N3O3/c1-10(2,3)16-9(14)13-4-7(5-13)8-12-11-6-15-8/h7H,4-5H2,1-3H3. The molecule has 2 rings (SSSR count). The van der Waals surface area contributed by atoms with Gasteiger partial charge in [-0.1, -0.05) is 0 Å². The van der Waals surface area contributed by atoms with Crippen LogP contribution in [0.1, 0.15) is 32.6 Å². The van der Waals surface area contributed by atoms with Crippen LogP contribution in [0.3, 0.4) is 0 Å². The van der Waals surface area contributed by atoms with E-state index in [2.05, 4.69) is 16.6 Å². The number of nitrogens with zero attached hydrogens (tertiary/aromatic N) is 3. The number of carbonyl (C=O) groups is 1. The second-order valence-corrected chi connectivity index (χ2v) is 4.81. The minimum Gasteiger partial charge on any atom is -0.444 e. The van der Waals surface area contributed by atoms with Crippen molar-refractivity contribution in [3.05, 3.63) is 12.3 Å². The highest BCUT2D eigenvalue weighted by molar-refractivity contribution is 5.69. The number of amides is 1. The fourth-order valence-electron chi connectivity index (χ4n) is 1.43. The van der Waals surface area contributed by atoms with E-state index >= 15 is 0 Å². The Balaban J connectivity index is 1.82. The van der Waals surface area contributed by atoms with Crippen molar-refractivity contribution < 1.29 is 13.9 Å². The van der Waals surface area contributed by atoms with E-state index in [1.165, 1.54) is 0 Å². The lowest BCUT2D eigenvalue weighted by Crippen LogP contribution is -2.50. The van der Waals surface area contributed by atoms with E-state index in [1.54, 1.807) is 4.90 Å². The van der Waals surface area contributed by atoms with Crippen molar-refractivity contribution in [1.82, 2.24) is 15.1 Å². The zero-order valence-corrected chi connectivity index (χ0v) is 9.56. The van der Waals surface area contributed by atoms with Gasteiger partial charge in [-0.2, -0.15) is 0 Å². The molecule has 6 heteroatoms. The van der Waals surface area contributed by atoms with E-state index in [1.807, 2.05) is 20.8 Å². The van der Waals surface area contributed by atoms with Crippen LogP contribution in [-0.2, 0) is 4.74 Å². The van der Waals surface area contributed by atoms with Gasteiger partial charge in [-0.25, -0.2) is 4.79 Å². The van der Waals surface area contributed by atoms with Crippen molar-refractivity contribution in [2.45, 2.75) is 32.3 Å². The Morgan fingerprint density at radius 2 is 2.25 bits per heavy atom. The van der Waals surface area contributed by atoms with Gasteiger partial charge in [-0.3, -0.25) is 0 Å². The highest BCUT2D eigenvalue weighted by atomic mass is 16.6. The molecule has 87 valence electrons. The second kappa shape index (κ2) is 3.77. The molecule has 0 N–H and O–H groups in total. The van der Waals surface area contributed by atoms with Crippen LogP contribution in [0.25, 0.3) is 0 Å². The van der Waals surface area contributed by atoms with Crippen molar-refractivity contribution in [2.75, 3.05) is 13.1 Å². The largest absolute Gasteiger partial charge is 0.444 e. The molecular weight excluding hydrogens is 210 g/mol. The zero-order valence-electron chi connectivity index (χ0n) is 9.56. The summed E-state index contributed by atoms with van der Waals surface area (Å²) in [6.07, 6.45) is 1.99. The molecule has 0 bridgehead atoms. The number of hydrogen-bond donors (Lipinski definition) is 0. The molecule has 1 aromatic rings. The summed E-state index contributed by atoms with van der Waals surface area (Å²) in [7, 11) is 0. The van der Waals surface area contributed by atoms with Gasteiger partial charge in [0, 0.05) is 13.1 Å². The molecule has 0 aromatic carbocycles. The Labute approximate surface area is 93.6 Å². The monoisotopic (exact) mass is 224 g/mol. The first kappa shape index (κ1) is 10.9. The number of carbonyl (C=O) groups excluding carboxylic acids is 1. The maximum atomic E-state index is 11.6. The first-order valence-corrected chi connectivity index (χ1v) is 5.13. The summed E-state index contributed by atoms with van der Waals surface area (Å²) in [6, 6.07) is 0. The first-order valence-electron chi connectivity index (χ1n) is 5.13. The summed E-state index contributed by atoms with van der Waals surface area (Å²) in [5.41, 5.74) is -0.458. The Kier molecular flexibility index (Phi) is 2.57. The van der Waals surface area contributed by atoms with Crippen LogP contribution in [0, 0.1) is 6.39 Å². The van der Waals surface area contributed by atoms with Crippen LogP contribution in [-0.4, -0.2) is 39.9 Å². The van der Waals surface area contributed by atoms with E-state index in [9.17, 15) is 4.79 Å². The van der Waals surface area contributed by atoms with E-state index in [0.29, 0.717) is 19.0 Å². The summed E-state index contributed by atoms with van der Waals surface area (Å²) in [4.78, 5) is 13.2. The topological polar surface area (TPSA) is 68.5 Å². The van der Waals surface area contributed by atoms with Crippen LogP contribution in [0.2, 0.25) is 0 Å². The third-order valence-corrected chi connectivity index (χ3v) is 2.22. The number of ether oxygens (including phenoxy) is 1. The molecule has 0 spiro atoms. The molecule has 1 aliphatic heterocycles. The number of hydrogen-bond acceptors (Lipinski definition) is 5. The minimum absolute atomic E-state index is 0.117. The molecule has 0 saturated carbocycles. The van der Waals surface area contributed by atoms with Gasteiger partial charge >= 0.3 is 12.5 Å². The van der Waals surface area contributed by atoms with Crippen molar-refractivity contribution in [3.63, 3.8) is 0 Å². The third-order valence-electron chi connectivity index (χ3n) is 2.22. The molecule has 0 unspecified atom stereocenters. The summed E-state index contributed by atoms with van der Waals surface area (Å²) >= 11 is 0. The lowest BCUT2D eigenvalue weighted by molar-refractivity contribution is 0.00603. The Bertz CT molecular complexity index is 363. The average molecular weight is 224 g/mol. The molecule has 0 atom stereocenters. The molecule has 1 aliphatic rings. The molecule has 2 heterocycles. The van der Waals surface area contributed by atoms with Gasteiger partial charge in [0.25, 0.3) is 0 Å². The summed E-state index contributed by atoms with van der Waals surface area (Å²) < 4.78 is 10.2. The van der Waals surface area contributed by atoms with Crippen molar-refractivity contribution >= 4 is 6.09 Å². The zero-order chi connectivity index (χ0) is 11.8. The van der Waals surface area contributed by atoms with Crippen molar-refractivity contribution in [2.24, 2.45) is 0 Å². The summed E-state index contributed by atoms with van der Waals surface area (Å²) in [5, 5.41) is 7.23. The molecular formula is C10H14N3O3. The maximum absolute atomic E-state index is 11.6. The molecule has 1 amide bonds. The van der Waals surface area contributed by atoms with Gasteiger partial charge in [-0.05, 0) is 20.8 Å². The Morgan fingerprint density at radius 3 is 2.75 bits per heavy atom. The molecule has 1 aromatic heterocycles. The maximum Gasteiger partial charge on any atom is 0.410 e. The van der Waals surface area contributed by atoms with Crippen molar-refractivity contribution in [1.29, 1.82) is 0 Å².